The molecule has 0 aliphatic rings. The molecule has 110 valence electrons. The van der Waals surface area contributed by atoms with Crippen LogP contribution >= 0.6 is 23.2 Å². The summed E-state index contributed by atoms with van der Waals surface area (Å²) in [6.45, 7) is 1.84. The summed E-state index contributed by atoms with van der Waals surface area (Å²) in [4.78, 5) is 26.6. The number of hydrogen-bond acceptors (Lipinski definition) is 4. The van der Waals surface area contributed by atoms with Crippen LogP contribution in [0.1, 0.15) is 18.3 Å². The van der Waals surface area contributed by atoms with Gasteiger partial charge in [-0.05, 0) is 12.1 Å². The molecule has 2 rings (SSSR count). The fourth-order valence-electron chi connectivity index (χ4n) is 1.99. The predicted molar refractivity (Wildman–Crippen MR) is 80.1 cm³/mol. The third-order valence-electron chi connectivity index (χ3n) is 2.94. The van der Waals surface area contributed by atoms with Crippen LogP contribution in [0.5, 0.6) is 0 Å². The molecule has 0 fully saturated rings. The number of nitro groups is 1. The summed E-state index contributed by atoms with van der Waals surface area (Å²) in [5, 5.41) is 11.5. The van der Waals surface area contributed by atoms with Crippen molar-refractivity contribution in [2.45, 2.75) is 19.9 Å². The second kappa shape index (κ2) is 6.24. The number of halogens is 2. The van der Waals surface area contributed by atoms with E-state index in [1.165, 1.54) is 28.8 Å². The molecule has 6 nitrogen and oxygen atoms in total. The van der Waals surface area contributed by atoms with Crippen molar-refractivity contribution in [1.82, 2.24) is 9.55 Å². The Morgan fingerprint density at radius 3 is 2.67 bits per heavy atom. The van der Waals surface area contributed by atoms with Crippen LogP contribution in [0.25, 0.3) is 0 Å². The number of hydrogen-bond donors (Lipinski definition) is 0. The van der Waals surface area contributed by atoms with Gasteiger partial charge in [0.05, 0.1) is 17.0 Å². The van der Waals surface area contributed by atoms with E-state index in [9.17, 15) is 14.9 Å². The minimum Gasteiger partial charge on any atom is -0.292 e. The smallest absolute Gasteiger partial charge is 0.274 e. The summed E-state index contributed by atoms with van der Waals surface area (Å²) in [5.74, 6) is 0.460. The lowest BCUT2D eigenvalue weighted by Crippen LogP contribution is -2.25. The molecule has 2 aromatic rings. The van der Waals surface area contributed by atoms with Gasteiger partial charge in [-0.25, -0.2) is 4.98 Å². The zero-order valence-electron chi connectivity index (χ0n) is 11.0. The van der Waals surface area contributed by atoms with Gasteiger partial charge in [0.2, 0.25) is 0 Å². The van der Waals surface area contributed by atoms with E-state index in [4.69, 9.17) is 23.2 Å². The van der Waals surface area contributed by atoms with Crippen LogP contribution in [0, 0.1) is 10.1 Å². The summed E-state index contributed by atoms with van der Waals surface area (Å²) in [6, 6.07) is 5.40. The molecule has 0 bridgehead atoms. The fraction of sp³-hybridized carbons (Fsp3) is 0.231. The molecule has 0 saturated heterocycles. The Labute approximate surface area is 130 Å². The van der Waals surface area contributed by atoms with Gasteiger partial charge in [0.1, 0.15) is 11.0 Å². The average Bonchev–Trinajstić information content (AvgIpc) is 2.41. The molecule has 0 unspecified atom stereocenters. The van der Waals surface area contributed by atoms with E-state index in [1.54, 1.807) is 0 Å². The van der Waals surface area contributed by atoms with Crippen LogP contribution in [0.2, 0.25) is 10.2 Å². The highest BCUT2D eigenvalue weighted by molar-refractivity contribution is 6.30. The number of nitro benzene ring substituents is 1. The predicted octanol–water partition coefficient (Wildman–Crippen LogP) is 3.07. The van der Waals surface area contributed by atoms with Gasteiger partial charge in [-0.15, -0.1) is 0 Å². The van der Waals surface area contributed by atoms with Gasteiger partial charge in [-0.3, -0.25) is 19.5 Å². The van der Waals surface area contributed by atoms with E-state index in [1.807, 2.05) is 6.92 Å². The molecule has 1 aromatic carbocycles. The van der Waals surface area contributed by atoms with Gasteiger partial charge < -0.3 is 0 Å². The third kappa shape index (κ3) is 3.40. The Balaban J connectivity index is 2.55. The van der Waals surface area contributed by atoms with Crippen molar-refractivity contribution >= 4 is 28.9 Å². The highest BCUT2D eigenvalue weighted by atomic mass is 35.5. The first kappa shape index (κ1) is 15.5. The van der Waals surface area contributed by atoms with Crippen molar-refractivity contribution in [3.8, 4) is 0 Å². The first-order valence-electron chi connectivity index (χ1n) is 6.11. The van der Waals surface area contributed by atoms with Gasteiger partial charge in [0.25, 0.3) is 11.2 Å². The summed E-state index contributed by atoms with van der Waals surface area (Å²) >= 11 is 11.6. The molecule has 0 spiro atoms. The maximum absolute atomic E-state index is 12.0. The topological polar surface area (TPSA) is 78.0 Å². The van der Waals surface area contributed by atoms with Gasteiger partial charge in [0, 0.05) is 23.6 Å². The average molecular weight is 328 g/mol. The van der Waals surface area contributed by atoms with E-state index in [0.717, 1.165) is 0 Å². The largest absolute Gasteiger partial charge is 0.292 e. The van der Waals surface area contributed by atoms with Crippen molar-refractivity contribution in [2.75, 3.05) is 0 Å². The zero-order chi connectivity index (χ0) is 15.6. The van der Waals surface area contributed by atoms with Crippen molar-refractivity contribution < 1.29 is 4.92 Å². The van der Waals surface area contributed by atoms with Crippen LogP contribution in [0.4, 0.5) is 5.69 Å². The lowest BCUT2D eigenvalue weighted by atomic mass is 10.1. The normalized spacial score (nSPS) is 10.6. The highest BCUT2D eigenvalue weighted by Crippen LogP contribution is 2.23. The van der Waals surface area contributed by atoms with Crippen LogP contribution in [-0.4, -0.2) is 14.5 Å². The summed E-state index contributed by atoms with van der Waals surface area (Å²) in [7, 11) is 0. The Morgan fingerprint density at radius 2 is 2.05 bits per heavy atom. The van der Waals surface area contributed by atoms with Crippen molar-refractivity contribution in [3.63, 3.8) is 0 Å². The molecule has 0 aliphatic heterocycles. The molecule has 0 radical (unpaired) electrons. The SMILES string of the molecule is CCc1nc(Cl)cc(=O)n1Cc1cc(Cl)ccc1[N+](=O)[O-]. The number of aryl methyl sites for hydroxylation is 1. The highest BCUT2D eigenvalue weighted by Gasteiger charge is 2.16. The van der Waals surface area contributed by atoms with E-state index in [0.29, 0.717) is 22.8 Å². The zero-order valence-corrected chi connectivity index (χ0v) is 12.6. The van der Waals surface area contributed by atoms with Crippen LogP contribution < -0.4 is 5.56 Å². The summed E-state index contributed by atoms with van der Waals surface area (Å²) < 4.78 is 1.35. The number of aromatic nitrogens is 2. The van der Waals surface area contributed by atoms with E-state index < -0.39 is 4.92 Å². The quantitative estimate of drug-likeness (QED) is 0.491. The van der Waals surface area contributed by atoms with Crippen molar-refractivity contribution in [2.24, 2.45) is 0 Å². The van der Waals surface area contributed by atoms with Crippen LogP contribution in [0.15, 0.2) is 29.1 Å². The molecule has 0 atom stereocenters. The van der Waals surface area contributed by atoms with Crippen LogP contribution in [-0.2, 0) is 13.0 Å². The van der Waals surface area contributed by atoms with Gasteiger partial charge in [-0.2, -0.15) is 0 Å². The molecule has 1 aromatic heterocycles. The van der Waals surface area contributed by atoms with Gasteiger partial charge >= 0.3 is 0 Å². The molecule has 0 amide bonds. The molecule has 0 saturated carbocycles. The Kier molecular flexibility index (Phi) is 4.59. The molecular formula is C13H11Cl2N3O3. The Bertz CT molecular complexity index is 759. The second-order valence-corrected chi connectivity index (χ2v) is 5.13. The minimum atomic E-state index is -0.508. The van der Waals surface area contributed by atoms with Gasteiger partial charge in [-0.1, -0.05) is 30.1 Å². The van der Waals surface area contributed by atoms with E-state index in [2.05, 4.69) is 4.98 Å². The monoisotopic (exact) mass is 327 g/mol. The molecule has 0 N–H and O–H groups in total. The molecule has 21 heavy (non-hydrogen) atoms. The maximum Gasteiger partial charge on any atom is 0.274 e. The first-order valence-corrected chi connectivity index (χ1v) is 6.87. The maximum atomic E-state index is 12.0. The molecule has 1 heterocycles. The standard InChI is InChI=1S/C13H11Cl2N3O3/c1-2-12-16-11(15)6-13(19)17(12)7-8-5-9(14)3-4-10(8)18(20)21/h3-6H,2,7H2,1H3. The summed E-state index contributed by atoms with van der Waals surface area (Å²) in [5.41, 5.74) is -0.113. The number of nitrogens with zero attached hydrogens (tertiary/aromatic N) is 3. The third-order valence-corrected chi connectivity index (χ3v) is 3.37. The second-order valence-electron chi connectivity index (χ2n) is 4.30. The van der Waals surface area contributed by atoms with Gasteiger partial charge in [0.15, 0.2) is 0 Å². The first-order chi connectivity index (χ1) is 9.92. The van der Waals surface area contributed by atoms with Crippen LogP contribution in [0.3, 0.4) is 0 Å². The Hall–Kier alpha value is -1.92. The molecule has 0 aliphatic carbocycles. The van der Waals surface area contributed by atoms with E-state index >= 15 is 0 Å². The minimum absolute atomic E-state index is 0.0169. The fourth-order valence-corrected chi connectivity index (χ4v) is 2.38. The molecular weight excluding hydrogens is 317 g/mol. The Morgan fingerprint density at radius 1 is 1.33 bits per heavy atom. The molecule has 8 heteroatoms. The van der Waals surface area contributed by atoms with Crippen molar-refractivity contribution in [1.29, 1.82) is 0 Å². The van der Waals surface area contributed by atoms with E-state index in [-0.39, 0.29) is 22.9 Å². The van der Waals surface area contributed by atoms with Crippen molar-refractivity contribution in [3.05, 3.63) is 66.3 Å². The lowest BCUT2D eigenvalue weighted by molar-refractivity contribution is -0.385. The summed E-state index contributed by atoms with van der Waals surface area (Å²) in [6.07, 6.45) is 0.476. The lowest BCUT2D eigenvalue weighted by Gasteiger charge is -2.11. The number of benzene rings is 1. The number of rotatable bonds is 4.